The van der Waals surface area contributed by atoms with Crippen LogP contribution in [0.5, 0.6) is 0 Å². The van der Waals surface area contributed by atoms with Crippen molar-refractivity contribution in [3.8, 4) is 11.4 Å². The third kappa shape index (κ3) is 4.10. The second-order valence-electron chi connectivity index (χ2n) is 6.79. The summed E-state index contributed by atoms with van der Waals surface area (Å²) in [4.78, 5) is 11.3. The molecule has 0 bridgehead atoms. The zero-order valence-electron chi connectivity index (χ0n) is 14.9. The number of aromatic nitrogens is 2. The van der Waals surface area contributed by atoms with E-state index in [-0.39, 0.29) is 0 Å². The number of halogens is 4. The lowest BCUT2D eigenvalue weighted by Gasteiger charge is -2.28. The molecular formula is C21H17BrF3N3. The lowest BCUT2D eigenvalue weighted by atomic mass is 10.1. The maximum atomic E-state index is 12.7. The number of fused-ring (bicyclic) bond motifs is 1. The van der Waals surface area contributed by atoms with Gasteiger partial charge in [0.2, 0.25) is 0 Å². The van der Waals surface area contributed by atoms with Crippen LogP contribution in [0, 0.1) is 0 Å². The van der Waals surface area contributed by atoms with E-state index in [1.54, 1.807) is 6.20 Å². The fraction of sp³-hybridized carbons (Fsp3) is 0.238. The van der Waals surface area contributed by atoms with E-state index >= 15 is 0 Å². The summed E-state index contributed by atoms with van der Waals surface area (Å²) in [6, 6.07) is 13.1. The normalized spacial score (nSPS) is 14.7. The molecule has 7 heteroatoms. The maximum Gasteiger partial charge on any atom is 0.416 e. The van der Waals surface area contributed by atoms with Gasteiger partial charge in [0.05, 0.1) is 11.3 Å². The van der Waals surface area contributed by atoms with Gasteiger partial charge in [0.25, 0.3) is 0 Å². The van der Waals surface area contributed by atoms with Gasteiger partial charge in [0.15, 0.2) is 5.82 Å². The largest absolute Gasteiger partial charge is 0.416 e. The highest BCUT2D eigenvalue weighted by molar-refractivity contribution is 9.10. The van der Waals surface area contributed by atoms with Crippen LogP contribution < -0.4 is 0 Å². The predicted molar refractivity (Wildman–Crippen MR) is 104 cm³/mol. The van der Waals surface area contributed by atoms with Crippen molar-refractivity contribution < 1.29 is 13.2 Å². The second-order valence-corrected chi connectivity index (χ2v) is 7.65. The summed E-state index contributed by atoms with van der Waals surface area (Å²) in [5.41, 5.74) is 3.18. The van der Waals surface area contributed by atoms with Gasteiger partial charge in [-0.1, -0.05) is 46.3 Å². The fourth-order valence-electron chi connectivity index (χ4n) is 3.32. The molecule has 2 aromatic carbocycles. The number of nitrogens with zero attached hydrogens (tertiary/aromatic N) is 3. The summed E-state index contributed by atoms with van der Waals surface area (Å²) in [6.07, 6.45) is -1.76. The van der Waals surface area contributed by atoms with Crippen LogP contribution in [0.2, 0.25) is 0 Å². The molecule has 3 aromatic rings. The molecule has 0 N–H and O–H groups in total. The lowest BCUT2D eigenvalue weighted by Crippen LogP contribution is -2.31. The van der Waals surface area contributed by atoms with Crippen molar-refractivity contribution in [1.29, 1.82) is 0 Å². The quantitative estimate of drug-likeness (QED) is 0.531. The Morgan fingerprint density at radius 2 is 1.79 bits per heavy atom. The van der Waals surface area contributed by atoms with Crippen LogP contribution >= 0.6 is 15.9 Å². The van der Waals surface area contributed by atoms with Gasteiger partial charge in [0.1, 0.15) is 0 Å². The maximum absolute atomic E-state index is 12.7. The monoisotopic (exact) mass is 447 g/mol. The molecule has 0 radical (unpaired) electrons. The standard InChI is InChI=1S/C21H17BrF3N3/c22-18-4-2-1-3-15(18)12-28-10-9-19-16(13-28)11-26-20(27-19)14-5-7-17(8-6-14)21(23,24)25/h1-8,11H,9-10,12-13H2. The summed E-state index contributed by atoms with van der Waals surface area (Å²) >= 11 is 3.59. The molecule has 2 heterocycles. The Bertz CT molecular complexity index is 987. The zero-order chi connectivity index (χ0) is 19.7. The highest BCUT2D eigenvalue weighted by Gasteiger charge is 2.30. The fourth-order valence-corrected chi connectivity index (χ4v) is 3.73. The Morgan fingerprint density at radius 3 is 2.50 bits per heavy atom. The van der Waals surface area contributed by atoms with Gasteiger partial charge in [-0.2, -0.15) is 13.2 Å². The number of hydrogen-bond acceptors (Lipinski definition) is 3. The second kappa shape index (κ2) is 7.64. The van der Waals surface area contributed by atoms with Crippen LogP contribution in [0.4, 0.5) is 13.2 Å². The van der Waals surface area contributed by atoms with Crippen LogP contribution in [0.15, 0.2) is 59.2 Å². The Hall–Kier alpha value is -2.25. The van der Waals surface area contributed by atoms with Gasteiger partial charge in [-0.25, -0.2) is 9.97 Å². The first-order valence-electron chi connectivity index (χ1n) is 8.88. The predicted octanol–water partition coefficient (Wildman–Crippen LogP) is 5.48. The number of hydrogen-bond donors (Lipinski definition) is 0. The summed E-state index contributed by atoms with van der Waals surface area (Å²) in [5, 5.41) is 0. The van der Waals surface area contributed by atoms with Crippen LogP contribution in [0.1, 0.15) is 22.4 Å². The Labute approximate surface area is 169 Å². The van der Waals surface area contributed by atoms with Crippen molar-refractivity contribution in [1.82, 2.24) is 14.9 Å². The Morgan fingerprint density at radius 1 is 1.04 bits per heavy atom. The summed E-state index contributed by atoms with van der Waals surface area (Å²) < 4.78 is 39.3. The van der Waals surface area contributed by atoms with E-state index in [9.17, 15) is 13.2 Å². The van der Waals surface area contributed by atoms with E-state index in [1.165, 1.54) is 17.7 Å². The van der Waals surface area contributed by atoms with Gasteiger partial charge in [-0.15, -0.1) is 0 Å². The average Bonchev–Trinajstić information content (AvgIpc) is 2.69. The molecule has 4 rings (SSSR count). The van der Waals surface area contributed by atoms with E-state index in [2.05, 4.69) is 36.9 Å². The molecule has 3 nitrogen and oxygen atoms in total. The van der Waals surface area contributed by atoms with Gasteiger partial charge < -0.3 is 0 Å². The van der Waals surface area contributed by atoms with Crippen LogP contribution in [-0.2, 0) is 25.7 Å². The van der Waals surface area contributed by atoms with E-state index in [1.807, 2.05) is 18.2 Å². The van der Waals surface area contributed by atoms with Crippen molar-refractivity contribution >= 4 is 15.9 Å². The minimum atomic E-state index is -4.34. The van der Waals surface area contributed by atoms with Crippen molar-refractivity contribution in [2.45, 2.75) is 25.7 Å². The Balaban J connectivity index is 1.50. The zero-order valence-corrected chi connectivity index (χ0v) is 16.5. The number of benzene rings is 2. The molecule has 0 spiro atoms. The minimum absolute atomic E-state index is 0.465. The first-order chi connectivity index (χ1) is 13.4. The van der Waals surface area contributed by atoms with Gasteiger partial charge in [0, 0.05) is 47.9 Å². The van der Waals surface area contributed by atoms with Crippen LogP contribution in [0.3, 0.4) is 0 Å². The highest BCUT2D eigenvalue weighted by Crippen LogP contribution is 2.31. The van der Waals surface area contributed by atoms with Crippen molar-refractivity contribution in [2.75, 3.05) is 6.54 Å². The third-order valence-corrected chi connectivity index (χ3v) is 5.61. The van der Waals surface area contributed by atoms with E-state index in [0.717, 1.165) is 53.9 Å². The summed E-state index contributed by atoms with van der Waals surface area (Å²) in [5.74, 6) is 0.465. The SMILES string of the molecule is FC(F)(F)c1ccc(-c2ncc3c(n2)CCN(Cc2ccccc2Br)C3)cc1. The van der Waals surface area contributed by atoms with Crippen molar-refractivity contribution in [2.24, 2.45) is 0 Å². The minimum Gasteiger partial charge on any atom is -0.294 e. The smallest absolute Gasteiger partial charge is 0.294 e. The van der Waals surface area contributed by atoms with Crippen LogP contribution in [0.25, 0.3) is 11.4 Å². The molecule has 144 valence electrons. The van der Waals surface area contributed by atoms with E-state index < -0.39 is 11.7 Å². The van der Waals surface area contributed by atoms with Crippen molar-refractivity contribution in [3.63, 3.8) is 0 Å². The molecule has 28 heavy (non-hydrogen) atoms. The average molecular weight is 448 g/mol. The molecular weight excluding hydrogens is 431 g/mol. The first kappa shape index (κ1) is 19.1. The molecule has 0 saturated carbocycles. The summed E-state index contributed by atoms with van der Waals surface area (Å²) in [7, 11) is 0. The topological polar surface area (TPSA) is 29.0 Å². The van der Waals surface area contributed by atoms with Crippen LogP contribution in [-0.4, -0.2) is 21.4 Å². The molecule has 1 aliphatic heterocycles. The lowest BCUT2D eigenvalue weighted by molar-refractivity contribution is -0.137. The summed E-state index contributed by atoms with van der Waals surface area (Å²) in [6.45, 7) is 2.46. The molecule has 0 atom stereocenters. The first-order valence-corrected chi connectivity index (χ1v) is 9.67. The van der Waals surface area contributed by atoms with E-state index in [4.69, 9.17) is 0 Å². The van der Waals surface area contributed by atoms with Gasteiger partial charge >= 0.3 is 6.18 Å². The highest BCUT2D eigenvalue weighted by atomic mass is 79.9. The molecule has 0 unspecified atom stereocenters. The number of rotatable bonds is 3. The Kier molecular flexibility index (Phi) is 5.21. The van der Waals surface area contributed by atoms with Crippen molar-refractivity contribution in [3.05, 3.63) is 81.6 Å². The van der Waals surface area contributed by atoms with Gasteiger partial charge in [-0.05, 0) is 23.8 Å². The third-order valence-electron chi connectivity index (χ3n) is 4.84. The number of alkyl halides is 3. The van der Waals surface area contributed by atoms with Gasteiger partial charge in [-0.3, -0.25) is 4.90 Å². The molecule has 0 fully saturated rings. The molecule has 0 amide bonds. The molecule has 1 aliphatic rings. The molecule has 1 aromatic heterocycles. The molecule has 0 aliphatic carbocycles. The molecule has 0 saturated heterocycles. The van der Waals surface area contributed by atoms with E-state index in [0.29, 0.717) is 11.4 Å².